The standard InChI is InChI=1S/C13H19NO2S/c1-11(15)13-12(5-10-17-13)16-9-8-14-6-3-2-4-7-14/h5,10H,2-4,6-9H2,1H3. The first-order valence-electron chi connectivity index (χ1n) is 6.21. The summed E-state index contributed by atoms with van der Waals surface area (Å²) in [5.74, 6) is 0.840. The molecule has 17 heavy (non-hydrogen) atoms. The highest BCUT2D eigenvalue weighted by Crippen LogP contribution is 2.25. The molecule has 0 N–H and O–H groups in total. The van der Waals surface area contributed by atoms with E-state index in [1.165, 1.54) is 43.7 Å². The molecule has 1 aliphatic rings. The predicted octanol–water partition coefficient (Wildman–Crippen LogP) is 2.82. The molecular weight excluding hydrogens is 234 g/mol. The summed E-state index contributed by atoms with van der Waals surface area (Å²) in [6, 6.07) is 1.89. The Hall–Kier alpha value is -0.870. The largest absolute Gasteiger partial charge is 0.491 e. The van der Waals surface area contributed by atoms with Crippen molar-refractivity contribution in [3.8, 4) is 5.75 Å². The number of Topliss-reactive ketones (excluding diaryl/α,β-unsaturated/α-hetero) is 1. The number of carbonyl (C=O) groups excluding carboxylic acids is 1. The zero-order valence-electron chi connectivity index (χ0n) is 10.3. The van der Waals surface area contributed by atoms with Crippen molar-refractivity contribution in [1.82, 2.24) is 4.90 Å². The van der Waals surface area contributed by atoms with Crippen LogP contribution in [0.1, 0.15) is 35.9 Å². The van der Waals surface area contributed by atoms with E-state index in [1.54, 1.807) is 6.92 Å². The Morgan fingerprint density at radius 2 is 2.18 bits per heavy atom. The highest BCUT2D eigenvalue weighted by Gasteiger charge is 2.12. The van der Waals surface area contributed by atoms with Gasteiger partial charge in [-0.2, -0.15) is 0 Å². The average molecular weight is 253 g/mol. The van der Waals surface area contributed by atoms with E-state index in [0.29, 0.717) is 6.61 Å². The van der Waals surface area contributed by atoms with E-state index < -0.39 is 0 Å². The van der Waals surface area contributed by atoms with Gasteiger partial charge < -0.3 is 4.74 Å². The van der Waals surface area contributed by atoms with Crippen LogP contribution in [0.3, 0.4) is 0 Å². The molecule has 4 heteroatoms. The molecule has 1 aromatic rings. The van der Waals surface area contributed by atoms with Crippen LogP contribution in [0.2, 0.25) is 0 Å². The maximum Gasteiger partial charge on any atom is 0.173 e. The number of ether oxygens (including phenoxy) is 1. The summed E-state index contributed by atoms with van der Waals surface area (Å²) >= 11 is 1.46. The Bertz CT molecular complexity index is 369. The zero-order chi connectivity index (χ0) is 12.1. The van der Waals surface area contributed by atoms with Gasteiger partial charge in [0.1, 0.15) is 17.2 Å². The van der Waals surface area contributed by atoms with Crippen LogP contribution < -0.4 is 4.74 Å². The predicted molar refractivity (Wildman–Crippen MR) is 70.1 cm³/mol. The minimum Gasteiger partial charge on any atom is -0.491 e. The quantitative estimate of drug-likeness (QED) is 0.756. The third-order valence-electron chi connectivity index (χ3n) is 3.06. The van der Waals surface area contributed by atoms with Crippen LogP contribution in [-0.2, 0) is 0 Å². The third-order valence-corrected chi connectivity index (χ3v) is 4.06. The van der Waals surface area contributed by atoms with Gasteiger partial charge in [0.2, 0.25) is 0 Å². The number of carbonyl (C=O) groups is 1. The van der Waals surface area contributed by atoms with E-state index in [0.717, 1.165) is 17.2 Å². The Morgan fingerprint density at radius 3 is 2.88 bits per heavy atom. The van der Waals surface area contributed by atoms with Crippen LogP contribution in [0.15, 0.2) is 11.4 Å². The molecule has 0 atom stereocenters. The first-order valence-corrected chi connectivity index (χ1v) is 7.09. The normalized spacial score (nSPS) is 17.0. The molecule has 2 heterocycles. The summed E-state index contributed by atoms with van der Waals surface area (Å²) in [4.78, 5) is 14.5. The fourth-order valence-corrected chi connectivity index (χ4v) is 2.87. The zero-order valence-corrected chi connectivity index (χ0v) is 11.1. The summed E-state index contributed by atoms with van der Waals surface area (Å²) in [5, 5.41) is 1.91. The van der Waals surface area contributed by atoms with Crippen molar-refractivity contribution < 1.29 is 9.53 Å². The summed E-state index contributed by atoms with van der Waals surface area (Å²) in [5.41, 5.74) is 0. The minimum atomic E-state index is 0.0907. The summed E-state index contributed by atoms with van der Waals surface area (Å²) in [6.07, 6.45) is 3.96. The Morgan fingerprint density at radius 1 is 1.41 bits per heavy atom. The molecule has 0 aromatic carbocycles. The number of likely N-dealkylation sites (tertiary alicyclic amines) is 1. The summed E-state index contributed by atoms with van der Waals surface area (Å²) in [7, 11) is 0. The Kier molecular flexibility index (Phi) is 4.57. The van der Waals surface area contributed by atoms with Crippen molar-refractivity contribution >= 4 is 17.1 Å². The number of ketones is 1. The van der Waals surface area contributed by atoms with Crippen molar-refractivity contribution in [2.24, 2.45) is 0 Å². The minimum absolute atomic E-state index is 0.0907. The lowest BCUT2D eigenvalue weighted by molar-refractivity contribution is 0.101. The Labute approximate surface area is 106 Å². The molecule has 1 fully saturated rings. The van der Waals surface area contributed by atoms with Crippen LogP contribution >= 0.6 is 11.3 Å². The molecule has 0 unspecified atom stereocenters. The number of rotatable bonds is 5. The molecule has 0 amide bonds. The van der Waals surface area contributed by atoms with Crippen molar-refractivity contribution in [1.29, 1.82) is 0 Å². The van der Waals surface area contributed by atoms with Crippen LogP contribution in [0.5, 0.6) is 5.75 Å². The van der Waals surface area contributed by atoms with E-state index in [-0.39, 0.29) is 5.78 Å². The molecule has 1 aliphatic heterocycles. The fraction of sp³-hybridized carbons (Fsp3) is 0.615. The second kappa shape index (κ2) is 6.17. The SMILES string of the molecule is CC(=O)c1sccc1OCCN1CCCCC1. The van der Waals surface area contributed by atoms with Gasteiger partial charge in [0.15, 0.2) is 5.78 Å². The first kappa shape index (κ1) is 12.6. The summed E-state index contributed by atoms with van der Waals surface area (Å²) in [6.45, 7) is 5.60. The maximum atomic E-state index is 11.3. The average Bonchev–Trinajstić information content (AvgIpc) is 2.79. The molecule has 2 rings (SSSR count). The lowest BCUT2D eigenvalue weighted by Gasteiger charge is -2.26. The van der Waals surface area contributed by atoms with E-state index >= 15 is 0 Å². The fourth-order valence-electron chi connectivity index (χ4n) is 2.14. The lowest BCUT2D eigenvalue weighted by atomic mass is 10.1. The van der Waals surface area contributed by atoms with Gasteiger partial charge >= 0.3 is 0 Å². The van der Waals surface area contributed by atoms with E-state index in [4.69, 9.17) is 4.74 Å². The topological polar surface area (TPSA) is 29.5 Å². The van der Waals surface area contributed by atoms with Gasteiger partial charge in [0.25, 0.3) is 0 Å². The monoisotopic (exact) mass is 253 g/mol. The van der Waals surface area contributed by atoms with Crippen LogP contribution in [0, 0.1) is 0 Å². The van der Waals surface area contributed by atoms with Gasteiger partial charge in [0.05, 0.1) is 0 Å². The molecule has 1 saturated heterocycles. The molecule has 0 radical (unpaired) electrons. The van der Waals surface area contributed by atoms with Crippen molar-refractivity contribution in [3.63, 3.8) is 0 Å². The highest BCUT2D eigenvalue weighted by atomic mass is 32.1. The first-order chi connectivity index (χ1) is 8.27. The molecule has 94 valence electrons. The van der Waals surface area contributed by atoms with E-state index in [1.807, 2.05) is 11.4 Å². The third kappa shape index (κ3) is 3.54. The number of hydrogen-bond donors (Lipinski definition) is 0. The Balaban J connectivity index is 1.77. The van der Waals surface area contributed by atoms with E-state index in [9.17, 15) is 4.79 Å². The molecule has 0 spiro atoms. The number of hydrogen-bond acceptors (Lipinski definition) is 4. The van der Waals surface area contributed by atoms with Gasteiger partial charge in [-0.05, 0) is 37.4 Å². The van der Waals surface area contributed by atoms with Gasteiger partial charge in [-0.3, -0.25) is 9.69 Å². The maximum absolute atomic E-state index is 11.3. The smallest absolute Gasteiger partial charge is 0.173 e. The van der Waals surface area contributed by atoms with Gasteiger partial charge in [-0.1, -0.05) is 6.42 Å². The van der Waals surface area contributed by atoms with Gasteiger partial charge in [-0.25, -0.2) is 0 Å². The molecule has 1 aromatic heterocycles. The molecular formula is C13H19NO2S. The molecule has 0 bridgehead atoms. The lowest BCUT2D eigenvalue weighted by Crippen LogP contribution is -2.33. The number of piperidine rings is 1. The number of thiophene rings is 1. The highest BCUT2D eigenvalue weighted by molar-refractivity contribution is 7.12. The van der Waals surface area contributed by atoms with Crippen molar-refractivity contribution in [3.05, 3.63) is 16.3 Å². The number of nitrogens with zero attached hydrogens (tertiary/aromatic N) is 1. The van der Waals surface area contributed by atoms with Gasteiger partial charge in [0, 0.05) is 13.5 Å². The second-order valence-corrected chi connectivity index (χ2v) is 5.34. The van der Waals surface area contributed by atoms with Crippen LogP contribution in [-0.4, -0.2) is 36.9 Å². The van der Waals surface area contributed by atoms with E-state index in [2.05, 4.69) is 4.90 Å². The van der Waals surface area contributed by atoms with Crippen LogP contribution in [0.25, 0.3) is 0 Å². The molecule has 3 nitrogen and oxygen atoms in total. The van der Waals surface area contributed by atoms with Crippen molar-refractivity contribution in [2.45, 2.75) is 26.2 Å². The molecule has 0 saturated carbocycles. The summed E-state index contributed by atoms with van der Waals surface area (Å²) < 4.78 is 5.69. The van der Waals surface area contributed by atoms with Crippen LogP contribution in [0.4, 0.5) is 0 Å². The van der Waals surface area contributed by atoms with Crippen molar-refractivity contribution in [2.75, 3.05) is 26.2 Å². The van der Waals surface area contributed by atoms with Gasteiger partial charge in [-0.15, -0.1) is 11.3 Å². The second-order valence-electron chi connectivity index (χ2n) is 4.42. The molecule has 0 aliphatic carbocycles.